The van der Waals surface area contributed by atoms with Gasteiger partial charge in [0, 0.05) is 42.8 Å². The number of hydrogen-bond donors (Lipinski definition) is 0. The first-order valence-corrected chi connectivity index (χ1v) is 8.17. The zero-order chi connectivity index (χ0) is 14.8. The average Bonchev–Trinajstić information content (AvgIpc) is 3.03. The van der Waals surface area contributed by atoms with Gasteiger partial charge in [-0.3, -0.25) is 4.79 Å². The number of hydrogen-bond acceptors (Lipinski definition) is 4. The maximum absolute atomic E-state index is 12.5. The van der Waals surface area contributed by atoms with Crippen molar-refractivity contribution in [2.75, 3.05) is 31.1 Å². The topological polar surface area (TPSA) is 36.4 Å². The molecule has 0 radical (unpaired) electrons. The molecule has 1 saturated heterocycles. The smallest absolute Gasteiger partial charge is 0.255 e. The van der Waals surface area contributed by atoms with Gasteiger partial charge in [-0.05, 0) is 18.2 Å². The van der Waals surface area contributed by atoms with Crippen LogP contribution >= 0.6 is 34.5 Å². The molecule has 21 heavy (non-hydrogen) atoms. The van der Waals surface area contributed by atoms with Crippen molar-refractivity contribution in [3.05, 3.63) is 45.4 Å². The lowest BCUT2D eigenvalue weighted by Crippen LogP contribution is -2.48. The van der Waals surface area contributed by atoms with Gasteiger partial charge in [0.25, 0.3) is 5.91 Å². The van der Waals surface area contributed by atoms with Crippen molar-refractivity contribution in [3.8, 4) is 0 Å². The van der Waals surface area contributed by atoms with E-state index >= 15 is 0 Å². The van der Waals surface area contributed by atoms with Crippen LogP contribution in [-0.4, -0.2) is 42.0 Å². The van der Waals surface area contributed by atoms with Crippen LogP contribution in [-0.2, 0) is 0 Å². The van der Waals surface area contributed by atoms with Crippen LogP contribution in [0.2, 0.25) is 10.0 Å². The second-order valence-corrected chi connectivity index (χ2v) is 6.43. The van der Waals surface area contributed by atoms with Gasteiger partial charge in [-0.2, -0.15) is 0 Å². The minimum atomic E-state index is -0.0683. The van der Waals surface area contributed by atoms with Crippen molar-refractivity contribution in [3.63, 3.8) is 0 Å². The van der Waals surface area contributed by atoms with Crippen LogP contribution < -0.4 is 4.90 Å². The van der Waals surface area contributed by atoms with E-state index in [-0.39, 0.29) is 5.91 Å². The fourth-order valence-electron chi connectivity index (χ4n) is 2.30. The summed E-state index contributed by atoms with van der Waals surface area (Å²) >= 11 is 13.7. The van der Waals surface area contributed by atoms with Crippen molar-refractivity contribution < 1.29 is 4.79 Å². The van der Waals surface area contributed by atoms with Gasteiger partial charge in [0.15, 0.2) is 5.13 Å². The largest absolute Gasteiger partial charge is 0.345 e. The van der Waals surface area contributed by atoms with E-state index in [2.05, 4.69) is 9.88 Å². The lowest BCUT2D eigenvalue weighted by Gasteiger charge is -2.34. The second kappa shape index (κ2) is 6.22. The van der Waals surface area contributed by atoms with Gasteiger partial charge in [0.1, 0.15) is 0 Å². The van der Waals surface area contributed by atoms with Gasteiger partial charge < -0.3 is 9.80 Å². The van der Waals surface area contributed by atoms with Crippen LogP contribution in [0.25, 0.3) is 0 Å². The zero-order valence-electron chi connectivity index (χ0n) is 11.1. The van der Waals surface area contributed by atoms with E-state index in [1.165, 1.54) is 0 Å². The third-order valence-electron chi connectivity index (χ3n) is 3.42. The Balaban J connectivity index is 1.69. The summed E-state index contributed by atoms with van der Waals surface area (Å²) in [6.07, 6.45) is 1.79. The van der Waals surface area contributed by atoms with E-state index in [1.807, 2.05) is 10.3 Å². The van der Waals surface area contributed by atoms with Crippen LogP contribution in [0.5, 0.6) is 0 Å². The Hall–Kier alpha value is -1.30. The fourth-order valence-corrected chi connectivity index (χ4v) is 3.37. The number of carbonyl (C=O) groups is 1. The highest BCUT2D eigenvalue weighted by Gasteiger charge is 2.24. The molecule has 4 nitrogen and oxygen atoms in total. The maximum Gasteiger partial charge on any atom is 0.255 e. The van der Waals surface area contributed by atoms with Gasteiger partial charge >= 0.3 is 0 Å². The summed E-state index contributed by atoms with van der Waals surface area (Å²) < 4.78 is 0. The molecule has 0 N–H and O–H groups in total. The molecule has 0 saturated carbocycles. The summed E-state index contributed by atoms with van der Waals surface area (Å²) in [5, 5.41) is 3.91. The first kappa shape index (κ1) is 14.6. The number of carbonyl (C=O) groups excluding carboxylic acids is 1. The quantitative estimate of drug-likeness (QED) is 0.839. The molecule has 0 atom stereocenters. The molecule has 3 rings (SSSR count). The summed E-state index contributed by atoms with van der Waals surface area (Å²) in [7, 11) is 0. The molecule has 1 fully saturated rings. The molecule has 2 heterocycles. The predicted molar refractivity (Wildman–Crippen MR) is 86.7 cm³/mol. The number of benzene rings is 1. The van der Waals surface area contributed by atoms with Crippen molar-refractivity contribution in [2.45, 2.75) is 0 Å². The van der Waals surface area contributed by atoms with E-state index in [4.69, 9.17) is 23.2 Å². The molecule has 1 aliphatic heterocycles. The highest BCUT2D eigenvalue weighted by Crippen LogP contribution is 2.24. The summed E-state index contributed by atoms with van der Waals surface area (Å²) in [5.74, 6) is -0.0683. The number of piperazine rings is 1. The summed E-state index contributed by atoms with van der Waals surface area (Å²) in [5.41, 5.74) is 0.465. The predicted octanol–water partition coefficient (Wildman–Crippen LogP) is 3.41. The van der Waals surface area contributed by atoms with E-state index in [9.17, 15) is 4.79 Å². The Morgan fingerprint density at radius 2 is 1.95 bits per heavy atom. The number of halogens is 2. The lowest BCUT2D eigenvalue weighted by molar-refractivity contribution is 0.0747. The Bertz CT molecular complexity index is 640. The maximum atomic E-state index is 12.5. The molecule has 1 aromatic carbocycles. The Labute approximate surface area is 136 Å². The molecule has 7 heteroatoms. The standard InChI is InChI=1S/C14H13Cl2N3OS/c15-10-1-2-12(16)11(9-10)13(20)18-4-6-19(7-5-18)14-17-3-8-21-14/h1-3,8-9H,4-7H2. The third kappa shape index (κ3) is 3.15. The highest BCUT2D eigenvalue weighted by molar-refractivity contribution is 7.13. The van der Waals surface area contributed by atoms with Gasteiger partial charge in [-0.1, -0.05) is 23.2 Å². The highest BCUT2D eigenvalue weighted by atomic mass is 35.5. The molecule has 110 valence electrons. The molecule has 0 bridgehead atoms. The number of anilines is 1. The van der Waals surface area contributed by atoms with Crippen molar-refractivity contribution in [1.29, 1.82) is 0 Å². The van der Waals surface area contributed by atoms with E-state index in [1.54, 1.807) is 35.7 Å². The minimum Gasteiger partial charge on any atom is -0.345 e. The van der Waals surface area contributed by atoms with Gasteiger partial charge in [0.2, 0.25) is 0 Å². The Kier molecular flexibility index (Phi) is 4.33. The number of amides is 1. The normalized spacial score (nSPS) is 15.3. The average molecular weight is 342 g/mol. The van der Waals surface area contributed by atoms with Crippen LogP contribution in [0.3, 0.4) is 0 Å². The molecular weight excluding hydrogens is 329 g/mol. The first-order chi connectivity index (χ1) is 10.1. The lowest BCUT2D eigenvalue weighted by atomic mass is 10.2. The van der Waals surface area contributed by atoms with Crippen LogP contribution in [0.15, 0.2) is 29.8 Å². The summed E-state index contributed by atoms with van der Waals surface area (Å²) in [6, 6.07) is 4.96. The molecule has 2 aromatic rings. The van der Waals surface area contributed by atoms with Gasteiger partial charge in [-0.15, -0.1) is 11.3 Å². The zero-order valence-corrected chi connectivity index (χ0v) is 13.5. The first-order valence-electron chi connectivity index (χ1n) is 6.54. The molecule has 0 aliphatic carbocycles. The SMILES string of the molecule is O=C(c1cc(Cl)ccc1Cl)N1CCN(c2nccs2)CC1. The Morgan fingerprint density at radius 1 is 1.19 bits per heavy atom. The summed E-state index contributed by atoms with van der Waals surface area (Å²) in [4.78, 5) is 20.8. The van der Waals surface area contributed by atoms with E-state index in [0.717, 1.165) is 18.2 Å². The number of thiazole rings is 1. The molecular formula is C14H13Cl2N3OS. The molecule has 0 unspecified atom stereocenters. The van der Waals surface area contributed by atoms with Crippen LogP contribution in [0, 0.1) is 0 Å². The number of nitrogens with zero attached hydrogens (tertiary/aromatic N) is 3. The molecule has 1 amide bonds. The summed E-state index contributed by atoms with van der Waals surface area (Å²) in [6.45, 7) is 2.86. The van der Waals surface area contributed by atoms with Gasteiger partial charge in [0.05, 0.1) is 10.6 Å². The van der Waals surface area contributed by atoms with Crippen molar-refractivity contribution in [2.24, 2.45) is 0 Å². The monoisotopic (exact) mass is 341 g/mol. The number of rotatable bonds is 2. The van der Waals surface area contributed by atoms with Crippen molar-refractivity contribution >= 4 is 45.6 Å². The molecule has 1 aliphatic rings. The van der Waals surface area contributed by atoms with Crippen LogP contribution in [0.4, 0.5) is 5.13 Å². The van der Waals surface area contributed by atoms with Crippen LogP contribution in [0.1, 0.15) is 10.4 Å². The van der Waals surface area contributed by atoms with Gasteiger partial charge in [-0.25, -0.2) is 4.98 Å². The van der Waals surface area contributed by atoms with E-state index < -0.39 is 0 Å². The fraction of sp³-hybridized carbons (Fsp3) is 0.286. The molecule has 0 spiro atoms. The third-order valence-corrected chi connectivity index (χ3v) is 4.81. The number of aromatic nitrogens is 1. The molecule has 1 aromatic heterocycles. The Morgan fingerprint density at radius 3 is 2.62 bits per heavy atom. The second-order valence-electron chi connectivity index (χ2n) is 4.72. The van der Waals surface area contributed by atoms with Crippen molar-refractivity contribution in [1.82, 2.24) is 9.88 Å². The minimum absolute atomic E-state index is 0.0683. The van der Waals surface area contributed by atoms with E-state index in [0.29, 0.717) is 28.7 Å².